The van der Waals surface area contributed by atoms with Gasteiger partial charge in [-0.25, -0.2) is 0 Å². The highest BCUT2D eigenvalue weighted by Gasteiger charge is 2.27. The van der Waals surface area contributed by atoms with Gasteiger partial charge >= 0.3 is 0 Å². The minimum Gasteiger partial charge on any atom is -0.381 e. The van der Waals surface area contributed by atoms with E-state index in [2.05, 4.69) is 11.8 Å². The van der Waals surface area contributed by atoms with Crippen molar-refractivity contribution in [3.05, 3.63) is 0 Å². The first-order valence-corrected chi connectivity index (χ1v) is 7.90. The third kappa shape index (κ3) is 4.46. The minimum atomic E-state index is 0.115. The van der Waals surface area contributed by atoms with E-state index < -0.39 is 0 Å². The molecule has 110 valence electrons. The lowest BCUT2D eigenvalue weighted by molar-refractivity contribution is -0.135. The number of likely N-dealkylation sites (tertiary alicyclic amines) is 1. The molecule has 2 rings (SSSR count). The number of ether oxygens (including phenoxy) is 1. The average molecular weight is 268 g/mol. The van der Waals surface area contributed by atoms with Crippen molar-refractivity contribution in [1.82, 2.24) is 9.80 Å². The maximum Gasteiger partial charge on any atom is 0.228 e. The van der Waals surface area contributed by atoms with Crippen LogP contribution in [-0.2, 0) is 9.53 Å². The molecule has 0 aromatic heterocycles. The van der Waals surface area contributed by atoms with Gasteiger partial charge in [0.15, 0.2) is 0 Å². The molecule has 0 radical (unpaired) electrons. The normalized spacial score (nSPS) is 25.2. The highest BCUT2D eigenvalue weighted by atomic mass is 16.5. The molecule has 2 aliphatic rings. The van der Waals surface area contributed by atoms with Crippen molar-refractivity contribution in [2.45, 2.75) is 39.0 Å². The fourth-order valence-corrected chi connectivity index (χ4v) is 3.03. The van der Waals surface area contributed by atoms with Crippen molar-refractivity contribution < 1.29 is 9.53 Å². The van der Waals surface area contributed by atoms with Crippen LogP contribution in [0.4, 0.5) is 0 Å². The summed E-state index contributed by atoms with van der Waals surface area (Å²) in [6.07, 6.45) is 6.27. The zero-order valence-electron chi connectivity index (χ0n) is 12.3. The molecule has 0 bridgehead atoms. The van der Waals surface area contributed by atoms with E-state index >= 15 is 0 Å². The number of amides is 1. The fourth-order valence-electron chi connectivity index (χ4n) is 3.03. The van der Waals surface area contributed by atoms with Crippen molar-refractivity contribution in [2.24, 2.45) is 5.92 Å². The standard InChI is InChI=1S/C15H28N2O2/c1-2-17(15(18)14-7-12-19-13-14)11-10-16-8-5-3-4-6-9-16/h14H,2-13H2,1H3/t14-/m1/s1. The number of carbonyl (C=O) groups is 1. The lowest BCUT2D eigenvalue weighted by Gasteiger charge is -2.27. The monoisotopic (exact) mass is 268 g/mol. The molecule has 0 N–H and O–H groups in total. The Balaban J connectivity index is 1.76. The Bertz CT molecular complexity index is 269. The van der Waals surface area contributed by atoms with Crippen molar-refractivity contribution in [1.29, 1.82) is 0 Å². The Hall–Kier alpha value is -0.610. The van der Waals surface area contributed by atoms with E-state index in [9.17, 15) is 4.79 Å². The van der Waals surface area contributed by atoms with Gasteiger partial charge in [-0.05, 0) is 39.3 Å². The maximum absolute atomic E-state index is 12.3. The second-order valence-corrected chi connectivity index (χ2v) is 5.73. The first-order chi connectivity index (χ1) is 9.31. The molecule has 2 fully saturated rings. The van der Waals surface area contributed by atoms with Crippen LogP contribution in [0.25, 0.3) is 0 Å². The van der Waals surface area contributed by atoms with Gasteiger partial charge in [0.2, 0.25) is 5.91 Å². The van der Waals surface area contributed by atoms with Gasteiger partial charge in [-0.3, -0.25) is 4.79 Å². The van der Waals surface area contributed by atoms with Crippen LogP contribution in [0.5, 0.6) is 0 Å². The molecule has 4 heteroatoms. The van der Waals surface area contributed by atoms with E-state index in [1.165, 1.54) is 38.8 Å². The SMILES string of the molecule is CCN(CCN1CCCCCC1)C(=O)[C@@H]1CCOC1. The summed E-state index contributed by atoms with van der Waals surface area (Å²) < 4.78 is 5.33. The second kappa shape index (κ2) is 7.85. The highest BCUT2D eigenvalue weighted by molar-refractivity contribution is 5.79. The molecular weight excluding hydrogens is 240 g/mol. The summed E-state index contributed by atoms with van der Waals surface area (Å²) in [5.74, 6) is 0.416. The molecule has 19 heavy (non-hydrogen) atoms. The van der Waals surface area contributed by atoms with Gasteiger partial charge in [0.05, 0.1) is 12.5 Å². The predicted molar refractivity (Wildman–Crippen MR) is 76.1 cm³/mol. The first-order valence-electron chi connectivity index (χ1n) is 7.90. The summed E-state index contributed by atoms with van der Waals surface area (Å²) in [6, 6.07) is 0. The predicted octanol–water partition coefficient (Wildman–Crippen LogP) is 1.75. The number of rotatable bonds is 5. The van der Waals surface area contributed by atoms with E-state index in [1.807, 2.05) is 4.90 Å². The van der Waals surface area contributed by atoms with Crippen LogP contribution in [0.15, 0.2) is 0 Å². The first kappa shape index (κ1) is 14.8. The molecule has 4 nitrogen and oxygen atoms in total. The van der Waals surface area contributed by atoms with E-state index in [-0.39, 0.29) is 5.92 Å². The van der Waals surface area contributed by atoms with Crippen LogP contribution in [0, 0.1) is 5.92 Å². The van der Waals surface area contributed by atoms with Crippen LogP contribution >= 0.6 is 0 Å². The van der Waals surface area contributed by atoms with Gasteiger partial charge in [0, 0.05) is 26.2 Å². The van der Waals surface area contributed by atoms with Gasteiger partial charge in [0.1, 0.15) is 0 Å². The molecule has 0 spiro atoms. The topological polar surface area (TPSA) is 32.8 Å². The average Bonchev–Trinajstić information content (AvgIpc) is 2.84. The number of likely N-dealkylation sites (N-methyl/N-ethyl adjacent to an activating group) is 1. The molecule has 1 atom stereocenters. The molecule has 0 aliphatic carbocycles. The van der Waals surface area contributed by atoms with Gasteiger partial charge in [-0.15, -0.1) is 0 Å². The Morgan fingerprint density at radius 3 is 2.58 bits per heavy atom. The molecule has 0 aromatic carbocycles. The van der Waals surface area contributed by atoms with E-state index in [4.69, 9.17) is 4.74 Å². The summed E-state index contributed by atoms with van der Waals surface area (Å²) in [7, 11) is 0. The largest absolute Gasteiger partial charge is 0.381 e. The van der Waals surface area contributed by atoms with Crippen molar-refractivity contribution in [2.75, 3.05) is 45.9 Å². The molecular formula is C15H28N2O2. The summed E-state index contributed by atoms with van der Waals surface area (Å²) in [5.41, 5.74) is 0. The van der Waals surface area contributed by atoms with Gasteiger partial charge in [-0.1, -0.05) is 12.8 Å². The van der Waals surface area contributed by atoms with Crippen molar-refractivity contribution >= 4 is 5.91 Å². The van der Waals surface area contributed by atoms with Crippen LogP contribution in [0.3, 0.4) is 0 Å². The van der Waals surface area contributed by atoms with E-state index in [0.29, 0.717) is 12.5 Å². The summed E-state index contributed by atoms with van der Waals surface area (Å²) in [6.45, 7) is 8.61. The van der Waals surface area contributed by atoms with Gasteiger partial charge in [-0.2, -0.15) is 0 Å². The smallest absolute Gasteiger partial charge is 0.228 e. The van der Waals surface area contributed by atoms with Crippen LogP contribution in [0.1, 0.15) is 39.0 Å². The molecule has 0 unspecified atom stereocenters. The van der Waals surface area contributed by atoms with Crippen LogP contribution < -0.4 is 0 Å². The maximum atomic E-state index is 12.3. The molecule has 2 heterocycles. The highest BCUT2D eigenvalue weighted by Crippen LogP contribution is 2.16. The molecule has 2 aliphatic heterocycles. The third-order valence-corrected chi connectivity index (χ3v) is 4.36. The van der Waals surface area contributed by atoms with Crippen LogP contribution in [0.2, 0.25) is 0 Å². The zero-order chi connectivity index (χ0) is 13.5. The zero-order valence-corrected chi connectivity index (χ0v) is 12.3. The molecule has 2 saturated heterocycles. The third-order valence-electron chi connectivity index (χ3n) is 4.36. The second-order valence-electron chi connectivity index (χ2n) is 5.73. The summed E-state index contributed by atoms with van der Waals surface area (Å²) in [4.78, 5) is 16.9. The number of hydrogen-bond acceptors (Lipinski definition) is 3. The van der Waals surface area contributed by atoms with E-state index in [0.717, 1.165) is 32.7 Å². The van der Waals surface area contributed by atoms with E-state index in [1.54, 1.807) is 0 Å². The summed E-state index contributed by atoms with van der Waals surface area (Å²) >= 11 is 0. The molecule has 0 aromatic rings. The Morgan fingerprint density at radius 1 is 1.26 bits per heavy atom. The number of hydrogen-bond donors (Lipinski definition) is 0. The Kier molecular flexibility index (Phi) is 6.11. The molecule has 1 amide bonds. The summed E-state index contributed by atoms with van der Waals surface area (Å²) in [5, 5.41) is 0. The van der Waals surface area contributed by atoms with Gasteiger partial charge in [0.25, 0.3) is 0 Å². The number of carbonyl (C=O) groups excluding carboxylic acids is 1. The lowest BCUT2D eigenvalue weighted by Crippen LogP contribution is -2.41. The Labute approximate surface area is 117 Å². The fraction of sp³-hybridized carbons (Fsp3) is 0.933. The van der Waals surface area contributed by atoms with Crippen molar-refractivity contribution in [3.8, 4) is 0 Å². The molecule has 0 saturated carbocycles. The lowest BCUT2D eigenvalue weighted by atomic mass is 10.1. The Morgan fingerprint density at radius 2 is 2.00 bits per heavy atom. The minimum absolute atomic E-state index is 0.115. The van der Waals surface area contributed by atoms with Gasteiger partial charge < -0.3 is 14.5 Å². The van der Waals surface area contributed by atoms with Crippen molar-refractivity contribution in [3.63, 3.8) is 0 Å². The quantitative estimate of drug-likeness (QED) is 0.761. The van der Waals surface area contributed by atoms with Crippen LogP contribution in [-0.4, -0.2) is 61.6 Å². The number of nitrogens with zero attached hydrogens (tertiary/aromatic N) is 2.